The van der Waals surface area contributed by atoms with Crippen LogP contribution in [0.3, 0.4) is 0 Å². The molecule has 0 saturated carbocycles. The van der Waals surface area contributed by atoms with Crippen LogP contribution in [0.2, 0.25) is 5.02 Å². The van der Waals surface area contributed by atoms with Gasteiger partial charge in [0.05, 0.1) is 16.5 Å². The van der Waals surface area contributed by atoms with Gasteiger partial charge in [0.15, 0.2) is 9.84 Å². The number of carbonyl (C=O) groups is 1. The summed E-state index contributed by atoms with van der Waals surface area (Å²) in [5.41, 5.74) is 0. The van der Waals surface area contributed by atoms with Gasteiger partial charge < -0.3 is 4.74 Å². The van der Waals surface area contributed by atoms with Crippen LogP contribution >= 0.6 is 11.6 Å². The van der Waals surface area contributed by atoms with Crippen LogP contribution in [0.1, 0.15) is 6.92 Å². The lowest BCUT2D eigenvalue weighted by molar-refractivity contribution is -0.141. The minimum absolute atomic E-state index is 0.116. The van der Waals surface area contributed by atoms with Gasteiger partial charge in [-0.05, 0) is 25.1 Å². The van der Waals surface area contributed by atoms with Crippen LogP contribution in [0.15, 0.2) is 28.0 Å². The Labute approximate surface area is 128 Å². The van der Waals surface area contributed by atoms with Gasteiger partial charge in [-0.2, -0.15) is 4.72 Å². The maximum absolute atomic E-state index is 12.0. The van der Waals surface area contributed by atoms with Crippen LogP contribution in [0, 0.1) is 0 Å². The van der Waals surface area contributed by atoms with Gasteiger partial charge in [0, 0.05) is 6.26 Å². The molecule has 0 fully saturated rings. The Hall–Kier alpha value is -1.16. The van der Waals surface area contributed by atoms with Crippen LogP contribution in [-0.4, -0.2) is 42.2 Å². The summed E-state index contributed by atoms with van der Waals surface area (Å²) in [5.74, 6) is -0.753. The molecule has 1 aromatic rings. The molecular weight excluding hydrogens is 342 g/mol. The number of hydrogen-bond acceptors (Lipinski definition) is 6. The van der Waals surface area contributed by atoms with E-state index in [0.29, 0.717) is 0 Å². The molecular formula is C11H14ClNO6S2. The van der Waals surface area contributed by atoms with Gasteiger partial charge in [-0.15, -0.1) is 0 Å². The van der Waals surface area contributed by atoms with Gasteiger partial charge >= 0.3 is 5.97 Å². The monoisotopic (exact) mass is 355 g/mol. The largest absolute Gasteiger partial charge is 0.465 e. The van der Waals surface area contributed by atoms with Crippen LogP contribution in [0.5, 0.6) is 0 Å². The molecule has 1 rings (SSSR count). The van der Waals surface area contributed by atoms with Crippen molar-refractivity contribution in [2.75, 3.05) is 19.4 Å². The first-order valence-corrected chi connectivity index (χ1v) is 9.48. The van der Waals surface area contributed by atoms with Crippen molar-refractivity contribution in [3.8, 4) is 0 Å². The third-order valence-corrected chi connectivity index (χ3v) is 5.33. The molecule has 118 valence electrons. The van der Waals surface area contributed by atoms with E-state index >= 15 is 0 Å². The fourth-order valence-corrected chi connectivity index (χ4v) is 3.58. The van der Waals surface area contributed by atoms with Crippen LogP contribution < -0.4 is 4.72 Å². The Balaban J connectivity index is 3.11. The Kier molecular flexibility index (Phi) is 5.74. The number of sulfonamides is 1. The molecule has 0 aliphatic carbocycles. The number of benzene rings is 1. The molecule has 1 aromatic carbocycles. The Morgan fingerprint density at radius 1 is 1.29 bits per heavy atom. The summed E-state index contributed by atoms with van der Waals surface area (Å²) in [6, 6.07) is 3.30. The number of rotatable bonds is 6. The molecule has 0 aliphatic rings. The van der Waals surface area contributed by atoms with Crippen molar-refractivity contribution < 1.29 is 26.4 Å². The molecule has 0 aromatic heterocycles. The van der Waals surface area contributed by atoms with E-state index in [0.717, 1.165) is 18.4 Å². The van der Waals surface area contributed by atoms with E-state index in [1.54, 1.807) is 6.92 Å². The summed E-state index contributed by atoms with van der Waals surface area (Å²) >= 11 is 5.78. The third-order valence-electron chi connectivity index (χ3n) is 2.33. The minimum Gasteiger partial charge on any atom is -0.465 e. The number of halogens is 1. The topological polar surface area (TPSA) is 107 Å². The molecule has 10 heteroatoms. The van der Waals surface area contributed by atoms with Gasteiger partial charge in [0.1, 0.15) is 11.4 Å². The molecule has 7 nitrogen and oxygen atoms in total. The van der Waals surface area contributed by atoms with E-state index in [-0.39, 0.29) is 16.5 Å². The number of sulfone groups is 1. The summed E-state index contributed by atoms with van der Waals surface area (Å²) in [5, 5.41) is -0.154. The van der Waals surface area contributed by atoms with Gasteiger partial charge in [-0.3, -0.25) is 4.79 Å². The van der Waals surface area contributed by atoms with E-state index in [2.05, 4.69) is 4.74 Å². The number of esters is 1. The summed E-state index contributed by atoms with van der Waals surface area (Å²) in [7, 11) is -7.72. The number of ether oxygens (including phenoxy) is 1. The van der Waals surface area contributed by atoms with Gasteiger partial charge in [-0.1, -0.05) is 11.6 Å². The van der Waals surface area contributed by atoms with Crippen molar-refractivity contribution in [2.24, 2.45) is 0 Å². The predicted molar refractivity (Wildman–Crippen MR) is 76.4 cm³/mol. The summed E-state index contributed by atoms with van der Waals surface area (Å²) in [4.78, 5) is 10.5. The summed E-state index contributed by atoms with van der Waals surface area (Å²) < 4.78 is 53.6. The van der Waals surface area contributed by atoms with Crippen molar-refractivity contribution in [3.05, 3.63) is 23.2 Å². The fourth-order valence-electron chi connectivity index (χ4n) is 1.36. The lowest BCUT2D eigenvalue weighted by Crippen LogP contribution is -2.31. The van der Waals surface area contributed by atoms with Crippen molar-refractivity contribution in [1.82, 2.24) is 4.72 Å². The first-order chi connectivity index (χ1) is 9.58. The van der Waals surface area contributed by atoms with E-state index in [1.165, 1.54) is 6.07 Å². The zero-order valence-electron chi connectivity index (χ0n) is 11.3. The van der Waals surface area contributed by atoms with Crippen molar-refractivity contribution in [2.45, 2.75) is 16.7 Å². The normalized spacial score (nSPS) is 12.1. The van der Waals surface area contributed by atoms with E-state index in [9.17, 15) is 21.6 Å². The van der Waals surface area contributed by atoms with Crippen LogP contribution in [0.4, 0.5) is 0 Å². The fraction of sp³-hybridized carbons (Fsp3) is 0.364. The molecule has 1 N–H and O–H groups in total. The molecule has 0 aliphatic heterocycles. The molecule has 0 unspecified atom stereocenters. The highest BCUT2D eigenvalue weighted by Crippen LogP contribution is 2.24. The molecule has 0 amide bonds. The molecule has 0 radical (unpaired) electrons. The Morgan fingerprint density at radius 2 is 1.90 bits per heavy atom. The molecule has 0 bridgehead atoms. The van der Waals surface area contributed by atoms with E-state index < -0.39 is 37.3 Å². The van der Waals surface area contributed by atoms with Gasteiger partial charge in [0.25, 0.3) is 0 Å². The lowest BCUT2D eigenvalue weighted by Gasteiger charge is -2.09. The highest BCUT2D eigenvalue weighted by Gasteiger charge is 2.21. The zero-order valence-corrected chi connectivity index (χ0v) is 13.7. The minimum atomic E-state index is -4.13. The summed E-state index contributed by atoms with van der Waals surface area (Å²) in [6.07, 6.45) is 0.943. The average Bonchev–Trinajstić information content (AvgIpc) is 2.36. The Bertz CT molecular complexity index is 742. The van der Waals surface area contributed by atoms with E-state index in [4.69, 9.17) is 11.6 Å². The maximum atomic E-state index is 12.0. The average molecular weight is 356 g/mol. The molecule has 0 heterocycles. The standard InChI is InChI=1S/C11H14ClNO6S2/c1-3-19-11(14)7-13-21(17,18)10-6-8(20(2,15)16)4-5-9(10)12/h4-6,13H,3,7H2,1-2H3. The van der Waals surface area contributed by atoms with Gasteiger partial charge in [-0.25, -0.2) is 16.8 Å². The van der Waals surface area contributed by atoms with Crippen molar-refractivity contribution in [3.63, 3.8) is 0 Å². The zero-order chi connectivity index (χ0) is 16.3. The third kappa shape index (κ3) is 4.95. The van der Waals surface area contributed by atoms with Crippen molar-refractivity contribution >= 4 is 37.4 Å². The van der Waals surface area contributed by atoms with Crippen LogP contribution in [-0.2, 0) is 29.4 Å². The molecule has 21 heavy (non-hydrogen) atoms. The SMILES string of the molecule is CCOC(=O)CNS(=O)(=O)c1cc(S(C)(=O)=O)ccc1Cl. The molecule has 0 saturated heterocycles. The summed E-state index contributed by atoms with van der Waals surface area (Å²) in [6.45, 7) is 1.12. The smallest absolute Gasteiger partial charge is 0.321 e. The highest BCUT2D eigenvalue weighted by molar-refractivity contribution is 7.91. The maximum Gasteiger partial charge on any atom is 0.321 e. The second-order valence-corrected chi connectivity index (χ2v) is 8.15. The highest BCUT2D eigenvalue weighted by atomic mass is 35.5. The predicted octanol–water partition coefficient (Wildman–Crippen LogP) is 0.585. The van der Waals surface area contributed by atoms with Crippen LogP contribution in [0.25, 0.3) is 0 Å². The molecule has 0 spiro atoms. The molecule has 0 atom stereocenters. The van der Waals surface area contributed by atoms with Crippen molar-refractivity contribution in [1.29, 1.82) is 0 Å². The lowest BCUT2D eigenvalue weighted by atomic mass is 10.4. The Morgan fingerprint density at radius 3 is 2.43 bits per heavy atom. The number of carbonyl (C=O) groups excluding carboxylic acids is 1. The number of nitrogens with one attached hydrogen (secondary N) is 1. The first kappa shape index (κ1) is 17.9. The second kappa shape index (κ2) is 6.73. The quantitative estimate of drug-likeness (QED) is 0.748. The van der Waals surface area contributed by atoms with Gasteiger partial charge in [0.2, 0.25) is 10.0 Å². The first-order valence-electron chi connectivity index (χ1n) is 5.73. The number of hydrogen-bond donors (Lipinski definition) is 1. The second-order valence-electron chi connectivity index (χ2n) is 3.99. The van der Waals surface area contributed by atoms with E-state index in [1.807, 2.05) is 4.72 Å².